The standard InChI is InChI=1S/C16H16O4/c1-4-6-7-12-14(9-17)16(20)13(8-10(3)18)11(5-2)15(12)19/h4-7,9,17-18H,2-3,8H2,1H3/b6-4-,12-7+,14-9-. The van der Waals surface area contributed by atoms with Crippen molar-refractivity contribution in [2.45, 2.75) is 13.3 Å². The molecule has 0 bridgehead atoms. The first-order chi connectivity index (χ1) is 9.47. The van der Waals surface area contributed by atoms with E-state index in [-0.39, 0.29) is 34.5 Å². The molecule has 2 N–H and O–H groups in total. The zero-order chi connectivity index (χ0) is 15.3. The van der Waals surface area contributed by atoms with Crippen molar-refractivity contribution in [1.82, 2.24) is 0 Å². The summed E-state index contributed by atoms with van der Waals surface area (Å²) in [4.78, 5) is 24.6. The largest absolute Gasteiger partial charge is 0.515 e. The predicted octanol–water partition coefficient (Wildman–Crippen LogP) is 3.03. The van der Waals surface area contributed by atoms with Gasteiger partial charge in [-0.15, -0.1) is 0 Å². The molecule has 4 nitrogen and oxygen atoms in total. The van der Waals surface area contributed by atoms with Crippen LogP contribution in [-0.2, 0) is 9.59 Å². The molecule has 1 aliphatic rings. The summed E-state index contributed by atoms with van der Waals surface area (Å²) in [6, 6.07) is 0. The summed E-state index contributed by atoms with van der Waals surface area (Å²) in [5.74, 6) is -1.18. The number of hydrogen-bond donors (Lipinski definition) is 2. The summed E-state index contributed by atoms with van der Waals surface area (Å²) < 4.78 is 0. The summed E-state index contributed by atoms with van der Waals surface area (Å²) >= 11 is 0. The minimum absolute atomic E-state index is 0.0791. The molecule has 0 amide bonds. The van der Waals surface area contributed by atoms with Gasteiger partial charge >= 0.3 is 0 Å². The van der Waals surface area contributed by atoms with Crippen molar-refractivity contribution in [2.75, 3.05) is 0 Å². The minimum atomic E-state index is -0.520. The maximum atomic E-state index is 12.3. The van der Waals surface area contributed by atoms with Crippen molar-refractivity contribution < 1.29 is 19.8 Å². The molecule has 104 valence electrons. The lowest BCUT2D eigenvalue weighted by molar-refractivity contribution is -0.116. The number of ketones is 2. The lowest BCUT2D eigenvalue weighted by Gasteiger charge is -2.20. The van der Waals surface area contributed by atoms with Crippen molar-refractivity contribution in [3.8, 4) is 0 Å². The van der Waals surface area contributed by atoms with Crippen molar-refractivity contribution >= 4 is 11.6 Å². The molecule has 0 spiro atoms. The van der Waals surface area contributed by atoms with Crippen LogP contribution in [0.25, 0.3) is 0 Å². The second-order valence-corrected chi connectivity index (χ2v) is 4.15. The van der Waals surface area contributed by atoms with Crippen molar-refractivity contribution in [2.24, 2.45) is 0 Å². The number of aliphatic hydroxyl groups excluding tert-OH is 2. The Labute approximate surface area is 117 Å². The van der Waals surface area contributed by atoms with Crippen LogP contribution in [0.5, 0.6) is 0 Å². The van der Waals surface area contributed by atoms with Gasteiger partial charge < -0.3 is 10.2 Å². The summed E-state index contributed by atoms with van der Waals surface area (Å²) in [7, 11) is 0. The molecule has 0 aromatic heterocycles. The molecule has 0 unspecified atom stereocenters. The number of carbonyl (C=O) groups is 2. The van der Waals surface area contributed by atoms with Gasteiger partial charge in [0.2, 0.25) is 0 Å². The van der Waals surface area contributed by atoms with Gasteiger partial charge in [0, 0.05) is 23.1 Å². The fraction of sp³-hybridized carbons (Fsp3) is 0.125. The third kappa shape index (κ3) is 2.85. The van der Waals surface area contributed by atoms with Crippen LogP contribution >= 0.6 is 0 Å². The van der Waals surface area contributed by atoms with Gasteiger partial charge in [-0.3, -0.25) is 9.59 Å². The molecule has 0 fully saturated rings. The van der Waals surface area contributed by atoms with Gasteiger partial charge in [0.1, 0.15) is 0 Å². The third-order valence-electron chi connectivity index (χ3n) is 2.79. The van der Waals surface area contributed by atoms with Crippen LogP contribution in [0.1, 0.15) is 13.3 Å². The van der Waals surface area contributed by atoms with Gasteiger partial charge in [-0.2, -0.15) is 0 Å². The topological polar surface area (TPSA) is 74.6 Å². The summed E-state index contributed by atoms with van der Waals surface area (Å²) in [5, 5.41) is 18.5. The fourth-order valence-corrected chi connectivity index (χ4v) is 1.89. The van der Waals surface area contributed by atoms with Crippen molar-refractivity contribution in [3.05, 3.63) is 71.8 Å². The van der Waals surface area contributed by atoms with Crippen LogP contribution in [0.2, 0.25) is 0 Å². The molecular weight excluding hydrogens is 256 g/mol. The number of rotatable bonds is 4. The molecule has 0 radical (unpaired) electrons. The third-order valence-corrected chi connectivity index (χ3v) is 2.79. The zero-order valence-corrected chi connectivity index (χ0v) is 11.2. The molecule has 0 saturated carbocycles. The van der Waals surface area contributed by atoms with E-state index in [2.05, 4.69) is 13.2 Å². The van der Waals surface area contributed by atoms with Gasteiger partial charge in [-0.25, -0.2) is 0 Å². The van der Waals surface area contributed by atoms with E-state index < -0.39 is 11.6 Å². The van der Waals surface area contributed by atoms with Gasteiger partial charge in [-0.1, -0.05) is 37.5 Å². The second kappa shape index (κ2) is 6.52. The van der Waals surface area contributed by atoms with Crippen LogP contribution in [0, 0.1) is 0 Å². The number of Topliss-reactive ketones (excluding diaryl/α,β-unsaturated/α-hetero) is 2. The highest BCUT2D eigenvalue weighted by Crippen LogP contribution is 2.31. The van der Waals surface area contributed by atoms with E-state index in [1.54, 1.807) is 19.1 Å². The molecule has 0 atom stereocenters. The van der Waals surface area contributed by atoms with E-state index in [4.69, 9.17) is 0 Å². The number of allylic oxidation sites excluding steroid dienone is 8. The summed E-state index contributed by atoms with van der Waals surface area (Å²) in [6.45, 7) is 8.60. The Kier molecular flexibility index (Phi) is 5.03. The van der Waals surface area contributed by atoms with Crippen LogP contribution in [0.3, 0.4) is 0 Å². The first kappa shape index (κ1) is 15.4. The van der Waals surface area contributed by atoms with Crippen LogP contribution in [0.15, 0.2) is 71.8 Å². The lowest BCUT2D eigenvalue weighted by Crippen LogP contribution is -2.24. The highest BCUT2D eigenvalue weighted by atomic mass is 16.3. The Morgan fingerprint density at radius 1 is 1.25 bits per heavy atom. The van der Waals surface area contributed by atoms with Crippen LogP contribution < -0.4 is 0 Å². The summed E-state index contributed by atoms with van der Waals surface area (Å²) in [6.07, 6.45) is 6.48. The first-order valence-corrected chi connectivity index (χ1v) is 5.97. The average molecular weight is 272 g/mol. The zero-order valence-electron chi connectivity index (χ0n) is 11.2. The quantitative estimate of drug-likeness (QED) is 0.609. The van der Waals surface area contributed by atoms with E-state index in [1.807, 2.05) is 0 Å². The molecule has 0 heterocycles. The predicted molar refractivity (Wildman–Crippen MR) is 77.2 cm³/mol. The molecule has 0 aliphatic heterocycles. The molecule has 20 heavy (non-hydrogen) atoms. The SMILES string of the molecule is C=CC1=C(CC(=C)O)C(=O)C(=C\O)/C(=C\C=C/C)C1=O. The molecule has 1 rings (SSSR count). The molecule has 0 aromatic carbocycles. The molecular formula is C16H16O4. The van der Waals surface area contributed by atoms with E-state index in [1.165, 1.54) is 12.2 Å². The van der Waals surface area contributed by atoms with Gasteiger partial charge in [0.15, 0.2) is 11.6 Å². The normalized spacial score (nSPS) is 20.2. The van der Waals surface area contributed by atoms with E-state index in [9.17, 15) is 19.8 Å². The number of aliphatic hydroxyl groups is 2. The van der Waals surface area contributed by atoms with Crippen LogP contribution in [-0.4, -0.2) is 21.8 Å². The van der Waals surface area contributed by atoms with Crippen molar-refractivity contribution in [3.63, 3.8) is 0 Å². The van der Waals surface area contributed by atoms with Crippen LogP contribution in [0.4, 0.5) is 0 Å². The Hall–Kier alpha value is -2.62. The highest BCUT2D eigenvalue weighted by Gasteiger charge is 2.33. The smallest absolute Gasteiger partial charge is 0.194 e. The molecule has 0 saturated heterocycles. The molecule has 1 aliphatic carbocycles. The number of carbonyl (C=O) groups excluding carboxylic acids is 2. The Balaban J connectivity index is 3.54. The van der Waals surface area contributed by atoms with E-state index in [0.29, 0.717) is 6.26 Å². The Morgan fingerprint density at radius 2 is 1.90 bits per heavy atom. The van der Waals surface area contributed by atoms with E-state index >= 15 is 0 Å². The first-order valence-electron chi connectivity index (χ1n) is 5.97. The van der Waals surface area contributed by atoms with Gasteiger partial charge in [-0.05, 0) is 6.92 Å². The second-order valence-electron chi connectivity index (χ2n) is 4.15. The fourth-order valence-electron chi connectivity index (χ4n) is 1.89. The average Bonchev–Trinajstić information content (AvgIpc) is 2.40. The maximum Gasteiger partial charge on any atom is 0.194 e. The molecule has 0 aromatic rings. The van der Waals surface area contributed by atoms with E-state index in [0.717, 1.165) is 0 Å². The highest BCUT2D eigenvalue weighted by molar-refractivity contribution is 6.30. The monoisotopic (exact) mass is 272 g/mol. The number of hydrogen-bond acceptors (Lipinski definition) is 4. The molecule has 4 heteroatoms. The lowest BCUT2D eigenvalue weighted by atomic mass is 9.81. The van der Waals surface area contributed by atoms with Crippen molar-refractivity contribution in [1.29, 1.82) is 0 Å². The Bertz CT molecular complexity index is 598. The Morgan fingerprint density at radius 3 is 2.35 bits per heavy atom. The van der Waals surface area contributed by atoms with Gasteiger partial charge in [0.05, 0.1) is 17.6 Å². The maximum absolute atomic E-state index is 12.3. The summed E-state index contributed by atoms with van der Waals surface area (Å²) in [5.41, 5.74) is 0.190. The van der Waals surface area contributed by atoms with Gasteiger partial charge in [0.25, 0.3) is 0 Å². The minimum Gasteiger partial charge on any atom is -0.515 e.